The van der Waals surface area contributed by atoms with E-state index >= 15 is 0 Å². The molecule has 0 aromatic heterocycles. The van der Waals surface area contributed by atoms with Gasteiger partial charge in [0, 0.05) is 31.3 Å². The summed E-state index contributed by atoms with van der Waals surface area (Å²) in [5.74, 6) is -3.72. The number of aliphatic hydroxyl groups is 2. The maximum atomic E-state index is 13.2. The first kappa shape index (κ1) is 26.6. The van der Waals surface area contributed by atoms with Crippen LogP contribution in [0.3, 0.4) is 0 Å². The highest BCUT2D eigenvalue weighted by Crippen LogP contribution is 2.42. The number of hydrogen-bond donors (Lipinski definition) is 5. The lowest BCUT2D eigenvalue weighted by atomic mass is 9.70. The molecule has 1 amide bonds. The van der Waals surface area contributed by atoms with E-state index in [1.54, 1.807) is 6.07 Å². The van der Waals surface area contributed by atoms with Crippen molar-refractivity contribution >= 4 is 17.5 Å². The van der Waals surface area contributed by atoms with E-state index in [0.29, 0.717) is 24.4 Å². The monoisotopic (exact) mass is 506 g/mol. The van der Waals surface area contributed by atoms with Gasteiger partial charge in [0.05, 0.1) is 12.2 Å². The van der Waals surface area contributed by atoms with Gasteiger partial charge in [-0.3, -0.25) is 14.4 Å². The maximum absolute atomic E-state index is 13.2. The third-order valence-corrected chi connectivity index (χ3v) is 7.49. The van der Waals surface area contributed by atoms with Crippen molar-refractivity contribution in [2.24, 2.45) is 23.5 Å². The molecule has 8 heteroatoms. The first-order valence-corrected chi connectivity index (χ1v) is 12.7. The number of nitrogens with one attached hydrogen (secondary N) is 1. The Kier molecular flexibility index (Phi) is 7.80. The number of carbonyl (C=O) groups is 3. The summed E-state index contributed by atoms with van der Waals surface area (Å²) in [6.45, 7) is 4.45. The number of benzene rings is 2. The molecular formula is C29H34N2O6. The molecule has 2 aliphatic carbocycles. The zero-order chi connectivity index (χ0) is 26.9. The number of aliphatic hydroxyl groups excluding tert-OH is 2. The number of primary amides is 1. The van der Waals surface area contributed by atoms with E-state index in [0.717, 1.165) is 28.8 Å². The van der Waals surface area contributed by atoms with Crippen LogP contribution in [0.5, 0.6) is 5.75 Å². The average Bonchev–Trinajstić information content (AvgIpc) is 2.83. The number of carbonyl (C=O) groups excluding carboxylic acids is 3. The second kappa shape index (κ2) is 10.9. The smallest absolute Gasteiger partial charge is 0.255 e. The third kappa shape index (κ3) is 5.45. The molecule has 2 aromatic rings. The van der Waals surface area contributed by atoms with Crippen molar-refractivity contribution in [3.05, 3.63) is 64.4 Å². The maximum Gasteiger partial charge on any atom is 0.255 e. The van der Waals surface area contributed by atoms with Gasteiger partial charge in [-0.05, 0) is 53.0 Å². The number of Topliss-reactive ketones (excluding diaryl/α,β-unsaturated/α-hetero) is 2. The van der Waals surface area contributed by atoms with Gasteiger partial charge in [0.25, 0.3) is 5.91 Å². The van der Waals surface area contributed by atoms with E-state index in [4.69, 9.17) is 5.73 Å². The summed E-state index contributed by atoms with van der Waals surface area (Å²) in [6, 6.07) is 11.8. The molecule has 2 aromatic carbocycles. The predicted molar refractivity (Wildman–Crippen MR) is 139 cm³/mol. The SMILES string of the molecule is CC(C)NCc1ccc(-c2ccc(O)c3c2CC(CC2CC(O)=C(C(N)=O)C(=O)C2CO)CC3=O)cc1. The standard InChI is InChI=1S/C29H34N2O6/c1-15(2)31-13-16-3-5-18(6-4-16)20-7-8-23(33)26-21(20)10-17(11-24(26)34)9-19-12-25(35)27(29(30)37)28(36)22(19)14-32/h3-8,15,17,19,22,31-33,35H,9-14H2,1-2H3,(H2,30,37). The van der Waals surface area contributed by atoms with Crippen molar-refractivity contribution < 1.29 is 29.7 Å². The average molecular weight is 507 g/mol. The van der Waals surface area contributed by atoms with E-state index in [1.165, 1.54) is 0 Å². The van der Waals surface area contributed by atoms with Gasteiger partial charge in [0.2, 0.25) is 0 Å². The minimum Gasteiger partial charge on any atom is -0.511 e. The fraction of sp³-hybridized carbons (Fsp3) is 0.414. The van der Waals surface area contributed by atoms with Gasteiger partial charge in [-0.1, -0.05) is 44.2 Å². The van der Waals surface area contributed by atoms with E-state index in [9.17, 15) is 29.7 Å². The Morgan fingerprint density at radius 3 is 2.38 bits per heavy atom. The fourth-order valence-corrected chi connectivity index (χ4v) is 5.65. The molecule has 4 rings (SSSR count). The summed E-state index contributed by atoms with van der Waals surface area (Å²) in [6.07, 6.45) is 1.11. The zero-order valence-corrected chi connectivity index (χ0v) is 21.2. The van der Waals surface area contributed by atoms with Crippen molar-refractivity contribution in [3.63, 3.8) is 0 Å². The predicted octanol–water partition coefficient (Wildman–Crippen LogP) is 3.19. The molecule has 2 aliphatic rings. The fourth-order valence-electron chi connectivity index (χ4n) is 5.65. The molecule has 0 spiro atoms. The van der Waals surface area contributed by atoms with Crippen LogP contribution in [0.25, 0.3) is 11.1 Å². The lowest BCUT2D eigenvalue weighted by Gasteiger charge is -2.34. The number of phenols is 1. The van der Waals surface area contributed by atoms with Crippen LogP contribution in [0.1, 0.15) is 54.6 Å². The lowest BCUT2D eigenvalue weighted by Crippen LogP contribution is -2.39. The normalized spacial score (nSPS) is 21.9. The molecule has 0 heterocycles. The second-order valence-electron chi connectivity index (χ2n) is 10.5. The van der Waals surface area contributed by atoms with Crippen LogP contribution in [0.2, 0.25) is 0 Å². The number of ketones is 2. The summed E-state index contributed by atoms with van der Waals surface area (Å²) in [7, 11) is 0. The minimum absolute atomic E-state index is 0.0333. The number of amides is 1. The molecule has 3 atom stereocenters. The Morgan fingerprint density at radius 1 is 1.05 bits per heavy atom. The number of nitrogens with two attached hydrogens (primary N) is 1. The van der Waals surface area contributed by atoms with Gasteiger partial charge >= 0.3 is 0 Å². The van der Waals surface area contributed by atoms with Crippen LogP contribution < -0.4 is 11.1 Å². The van der Waals surface area contributed by atoms with E-state index in [1.807, 2.05) is 30.3 Å². The topological polar surface area (TPSA) is 150 Å². The van der Waals surface area contributed by atoms with Crippen molar-refractivity contribution in [2.45, 2.75) is 52.1 Å². The van der Waals surface area contributed by atoms with Crippen LogP contribution in [0.4, 0.5) is 0 Å². The largest absolute Gasteiger partial charge is 0.511 e. The molecule has 8 nitrogen and oxygen atoms in total. The van der Waals surface area contributed by atoms with Crippen molar-refractivity contribution in [1.82, 2.24) is 5.32 Å². The molecule has 3 unspecified atom stereocenters. The van der Waals surface area contributed by atoms with Gasteiger partial charge in [-0.25, -0.2) is 0 Å². The van der Waals surface area contributed by atoms with Crippen LogP contribution in [0, 0.1) is 17.8 Å². The Hall–Kier alpha value is -3.49. The molecule has 0 saturated heterocycles. The molecule has 0 fully saturated rings. The Bertz CT molecular complexity index is 1250. The summed E-state index contributed by atoms with van der Waals surface area (Å²) >= 11 is 0. The van der Waals surface area contributed by atoms with Crippen molar-refractivity contribution in [1.29, 1.82) is 0 Å². The van der Waals surface area contributed by atoms with Crippen LogP contribution in [0.15, 0.2) is 47.7 Å². The first-order chi connectivity index (χ1) is 17.6. The Labute approximate surface area is 216 Å². The number of allylic oxidation sites excluding steroid dienone is 1. The number of fused-ring (bicyclic) bond motifs is 1. The number of aromatic hydroxyl groups is 1. The van der Waals surface area contributed by atoms with Crippen LogP contribution in [-0.4, -0.2) is 45.4 Å². The molecule has 0 aliphatic heterocycles. The third-order valence-electron chi connectivity index (χ3n) is 7.49. The van der Waals surface area contributed by atoms with E-state index in [2.05, 4.69) is 19.2 Å². The molecule has 0 bridgehead atoms. The number of phenolic OH excluding ortho intramolecular Hbond substituents is 1. The number of rotatable bonds is 8. The highest BCUT2D eigenvalue weighted by atomic mass is 16.3. The summed E-state index contributed by atoms with van der Waals surface area (Å²) < 4.78 is 0. The van der Waals surface area contributed by atoms with Gasteiger partial charge < -0.3 is 26.4 Å². The molecule has 0 radical (unpaired) electrons. The lowest BCUT2D eigenvalue weighted by molar-refractivity contribution is -0.127. The summed E-state index contributed by atoms with van der Waals surface area (Å²) in [5.41, 5.74) is 8.85. The second-order valence-corrected chi connectivity index (χ2v) is 10.5. The highest BCUT2D eigenvalue weighted by molar-refractivity contribution is 6.20. The Balaban J connectivity index is 1.61. The van der Waals surface area contributed by atoms with E-state index < -0.39 is 35.7 Å². The molecule has 196 valence electrons. The van der Waals surface area contributed by atoms with Gasteiger partial charge in [0.1, 0.15) is 17.1 Å². The van der Waals surface area contributed by atoms with Gasteiger partial charge in [-0.15, -0.1) is 0 Å². The van der Waals surface area contributed by atoms with Gasteiger partial charge in [0.15, 0.2) is 11.6 Å². The van der Waals surface area contributed by atoms with Crippen molar-refractivity contribution in [2.75, 3.05) is 6.61 Å². The zero-order valence-electron chi connectivity index (χ0n) is 21.2. The molecular weight excluding hydrogens is 472 g/mol. The van der Waals surface area contributed by atoms with Crippen LogP contribution >= 0.6 is 0 Å². The summed E-state index contributed by atoms with van der Waals surface area (Å²) in [4.78, 5) is 37.5. The molecule has 0 saturated carbocycles. The molecule has 6 N–H and O–H groups in total. The van der Waals surface area contributed by atoms with E-state index in [-0.39, 0.29) is 36.1 Å². The van der Waals surface area contributed by atoms with Crippen molar-refractivity contribution in [3.8, 4) is 16.9 Å². The number of hydrogen-bond acceptors (Lipinski definition) is 7. The van der Waals surface area contributed by atoms with Gasteiger partial charge in [-0.2, -0.15) is 0 Å². The Morgan fingerprint density at radius 2 is 1.76 bits per heavy atom. The van der Waals surface area contributed by atoms with Crippen LogP contribution in [-0.2, 0) is 22.6 Å². The molecule has 37 heavy (non-hydrogen) atoms. The quantitative estimate of drug-likeness (QED) is 0.345. The highest BCUT2D eigenvalue weighted by Gasteiger charge is 2.41. The summed E-state index contributed by atoms with van der Waals surface area (Å²) in [5, 5.41) is 34.1. The minimum atomic E-state index is -1.01. The first-order valence-electron chi connectivity index (χ1n) is 12.7.